The van der Waals surface area contributed by atoms with Gasteiger partial charge in [0, 0.05) is 11.1 Å². The number of nitrogens with zero attached hydrogens (tertiary/aromatic N) is 3. The van der Waals surface area contributed by atoms with Crippen LogP contribution < -0.4 is 16.0 Å². The molecule has 1 aromatic heterocycles. The van der Waals surface area contributed by atoms with Crippen molar-refractivity contribution in [1.29, 1.82) is 0 Å². The number of carboxylic acids is 1. The number of carboxylic acid groups (broad SMARTS) is 1. The number of amides is 4. The summed E-state index contributed by atoms with van der Waals surface area (Å²) in [6.45, 7) is 5.08. The Morgan fingerprint density at radius 1 is 1.36 bits per heavy atom. The number of hydrogen-bond donors (Lipinski definition) is 4. The van der Waals surface area contributed by atoms with E-state index in [4.69, 9.17) is 9.57 Å². The van der Waals surface area contributed by atoms with Crippen molar-refractivity contribution >= 4 is 64.2 Å². The van der Waals surface area contributed by atoms with Gasteiger partial charge in [-0.1, -0.05) is 5.16 Å². The van der Waals surface area contributed by atoms with Crippen LogP contribution >= 0.6 is 23.1 Å². The zero-order chi connectivity index (χ0) is 26.5. The molecule has 16 heteroatoms. The smallest absolute Gasteiger partial charge is 0.407 e. The van der Waals surface area contributed by atoms with Gasteiger partial charge in [0.1, 0.15) is 35.0 Å². The van der Waals surface area contributed by atoms with E-state index in [1.165, 1.54) is 23.2 Å². The topological polar surface area (TPSA) is 189 Å². The monoisotopic (exact) mass is 540 g/mol. The number of anilines is 1. The Morgan fingerprint density at radius 3 is 2.78 bits per heavy atom. The van der Waals surface area contributed by atoms with Crippen molar-refractivity contribution in [2.45, 2.75) is 37.8 Å². The summed E-state index contributed by atoms with van der Waals surface area (Å²) in [5.74, 6) is -2.23. The molecule has 4 amide bonds. The molecule has 1 unspecified atom stereocenters. The molecule has 0 saturated carbocycles. The lowest BCUT2D eigenvalue weighted by atomic mass is 10.0. The van der Waals surface area contributed by atoms with Gasteiger partial charge >= 0.3 is 12.1 Å². The second-order valence-electron chi connectivity index (χ2n) is 8.28. The molecule has 3 heterocycles. The number of aromatic nitrogens is 1. The number of thioether (sulfide) groups is 1. The van der Waals surface area contributed by atoms with Gasteiger partial charge in [0.25, 0.3) is 11.8 Å². The van der Waals surface area contributed by atoms with Crippen molar-refractivity contribution < 1.29 is 38.7 Å². The number of carbonyl (C=O) groups is 5. The van der Waals surface area contributed by atoms with Crippen LogP contribution in [0.25, 0.3) is 0 Å². The van der Waals surface area contributed by atoms with E-state index in [-0.39, 0.29) is 35.4 Å². The highest BCUT2D eigenvalue weighted by molar-refractivity contribution is 8.00. The zero-order valence-electron chi connectivity index (χ0n) is 19.5. The third kappa shape index (κ3) is 6.51. The molecule has 0 aromatic carbocycles. The Kier molecular flexibility index (Phi) is 8.52. The molecule has 2 atom stereocenters. The van der Waals surface area contributed by atoms with Gasteiger partial charge < -0.3 is 30.6 Å². The second-order valence-corrected chi connectivity index (χ2v) is 10.3. The molecular formula is C20H24N6O8S2. The van der Waals surface area contributed by atoms with Crippen LogP contribution in [0.4, 0.5) is 9.93 Å². The fourth-order valence-electron chi connectivity index (χ4n) is 3.07. The molecule has 14 nitrogen and oxygen atoms in total. The molecule has 2 aliphatic heterocycles. The van der Waals surface area contributed by atoms with Gasteiger partial charge in [0.05, 0.1) is 6.54 Å². The number of oxime groups is 1. The van der Waals surface area contributed by atoms with E-state index in [0.717, 1.165) is 16.2 Å². The Morgan fingerprint density at radius 2 is 2.11 bits per heavy atom. The van der Waals surface area contributed by atoms with Crippen LogP contribution in [0.15, 0.2) is 22.3 Å². The number of thiazole rings is 1. The lowest BCUT2D eigenvalue weighted by molar-refractivity contribution is -0.150. The van der Waals surface area contributed by atoms with Gasteiger partial charge in [-0.3, -0.25) is 19.3 Å². The van der Waals surface area contributed by atoms with Crippen molar-refractivity contribution in [1.82, 2.24) is 20.5 Å². The standard InChI is InChI=1S/C20H24N6O8S2/c1-20(2,3)34-19(32)21-5-6-33-25-12(10-8-36-18(23-10)22-9-27)14(28)24-13-15(29)26-11(17(30)31)4-7-35-16(13)26/h4,8-9,13,16H,5-7H2,1-3H3,(H,21,32)(H,24,28)(H,30,31)(H,22,23,27)/t13?,16-/m0/s1. The molecule has 0 spiro atoms. The molecule has 2 aliphatic rings. The predicted molar refractivity (Wildman–Crippen MR) is 129 cm³/mol. The van der Waals surface area contributed by atoms with Crippen molar-refractivity contribution in [2.75, 3.05) is 24.2 Å². The van der Waals surface area contributed by atoms with E-state index in [1.54, 1.807) is 20.8 Å². The average molecular weight is 541 g/mol. The number of rotatable bonds is 10. The van der Waals surface area contributed by atoms with Gasteiger partial charge in [-0.25, -0.2) is 14.6 Å². The normalized spacial score (nSPS) is 19.3. The molecule has 0 bridgehead atoms. The first-order valence-corrected chi connectivity index (χ1v) is 12.5. The minimum atomic E-state index is -1.23. The zero-order valence-corrected chi connectivity index (χ0v) is 21.1. The van der Waals surface area contributed by atoms with E-state index < -0.39 is 40.9 Å². The molecular weight excluding hydrogens is 516 g/mol. The molecule has 0 aliphatic carbocycles. The summed E-state index contributed by atoms with van der Waals surface area (Å²) >= 11 is 2.34. The number of β-lactam (4-membered cyclic amide) rings is 1. The first-order valence-electron chi connectivity index (χ1n) is 10.5. The minimum absolute atomic E-state index is 0.0292. The second kappa shape index (κ2) is 11.4. The van der Waals surface area contributed by atoms with E-state index in [2.05, 4.69) is 26.1 Å². The van der Waals surface area contributed by atoms with Crippen molar-refractivity contribution in [3.63, 3.8) is 0 Å². The molecule has 4 N–H and O–H groups in total. The molecule has 194 valence electrons. The number of carbonyl (C=O) groups excluding carboxylic acids is 4. The maximum Gasteiger partial charge on any atom is 0.407 e. The summed E-state index contributed by atoms with van der Waals surface area (Å²) < 4.78 is 5.11. The number of hydrogen-bond acceptors (Lipinski definition) is 11. The van der Waals surface area contributed by atoms with Crippen LogP contribution in [0.2, 0.25) is 0 Å². The summed E-state index contributed by atoms with van der Waals surface area (Å²) in [6, 6.07) is -0.976. The average Bonchev–Trinajstić information content (AvgIpc) is 3.26. The number of nitrogens with one attached hydrogen (secondary N) is 3. The third-order valence-corrected chi connectivity index (χ3v) is 6.47. The SMILES string of the molecule is CC(C)(C)OC(=O)NCCON=C(C(=O)NC1C(=O)N2C(C(=O)O)=CCS[C@@H]12)c1csc(NC=O)n1. The number of alkyl carbamates (subject to hydrolysis) is 1. The van der Waals surface area contributed by atoms with Gasteiger partial charge in [0.2, 0.25) is 6.41 Å². The molecule has 36 heavy (non-hydrogen) atoms. The molecule has 1 aromatic rings. The Labute approximate surface area is 213 Å². The van der Waals surface area contributed by atoms with E-state index >= 15 is 0 Å². The highest BCUT2D eigenvalue weighted by Crippen LogP contribution is 2.37. The summed E-state index contributed by atoms with van der Waals surface area (Å²) in [5.41, 5.74) is -0.997. The number of aliphatic carboxylic acids is 1. The van der Waals surface area contributed by atoms with Crippen LogP contribution in [0.3, 0.4) is 0 Å². The predicted octanol–water partition coefficient (Wildman–Crippen LogP) is 0.325. The maximum absolute atomic E-state index is 13.0. The largest absolute Gasteiger partial charge is 0.477 e. The van der Waals surface area contributed by atoms with Gasteiger partial charge in [0.15, 0.2) is 10.8 Å². The molecule has 0 radical (unpaired) electrons. The van der Waals surface area contributed by atoms with Crippen LogP contribution in [-0.4, -0.2) is 86.9 Å². The third-order valence-electron chi connectivity index (χ3n) is 4.51. The quantitative estimate of drug-likeness (QED) is 0.106. The van der Waals surface area contributed by atoms with Crippen molar-refractivity contribution in [2.24, 2.45) is 5.16 Å². The van der Waals surface area contributed by atoms with Crippen LogP contribution in [-0.2, 0) is 28.8 Å². The fraction of sp³-hybridized carbons (Fsp3) is 0.450. The summed E-state index contributed by atoms with van der Waals surface area (Å²) in [7, 11) is 0. The summed E-state index contributed by atoms with van der Waals surface area (Å²) in [6.07, 6.45) is 1.21. The lowest BCUT2D eigenvalue weighted by Crippen LogP contribution is -2.70. The number of fused-ring (bicyclic) bond motifs is 1. The van der Waals surface area contributed by atoms with Crippen LogP contribution in [0, 0.1) is 0 Å². The van der Waals surface area contributed by atoms with Gasteiger partial charge in [-0.15, -0.1) is 23.1 Å². The van der Waals surface area contributed by atoms with Crippen molar-refractivity contribution in [3.05, 3.63) is 22.8 Å². The van der Waals surface area contributed by atoms with E-state index in [1.807, 2.05) is 0 Å². The number of ether oxygens (including phenoxy) is 1. The van der Waals surface area contributed by atoms with Gasteiger partial charge in [-0.2, -0.15) is 0 Å². The van der Waals surface area contributed by atoms with Crippen LogP contribution in [0.5, 0.6) is 0 Å². The Hall–Kier alpha value is -3.66. The van der Waals surface area contributed by atoms with E-state index in [9.17, 15) is 29.1 Å². The van der Waals surface area contributed by atoms with Gasteiger partial charge in [-0.05, 0) is 26.8 Å². The highest BCUT2D eigenvalue weighted by Gasteiger charge is 2.53. The molecule has 1 saturated heterocycles. The summed E-state index contributed by atoms with van der Waals surface area (Å²) in [5, 5.41) is 21.6. The first kappa shape index (κ1) is 26.9. The fourth-order valence-corrected chi connectivity index (χ4v) is 4.92. The van der Waals surface area contributed by atoms with Crippen molar-refractivity contribution in [3.8, 4) is 0 Å². The molecule has 3 rings (SSSR count). The Balaban J connectivity index is 1.66. The van der Waals surface area contributed by atoms with E-state index in [0.29, 0.717) is 12.2 Å². The lowest BCUT2D eigenvalue weighted by Gasteiger charge is -2.48. The minimum Gasteiger partial charge on any atom is -0.477 e. The maximum atomic E-state index is 13.0. The molecule has 1 fully saturated rings. The van der Waals surface area contributed by atoms with Crippen LogP contribution in [0.1, 0.15) is 26.5 Å². The highest BCUT2D eigenvalue weighted by atomic mass is 32.2. The Bertz CT molecular complexity index is 1110. The first-order chi connectivity index (χ1) is 17.0. The summed E-state index contributed by atoms with van der Waals surface area (Å²) in [4.78, 5) is 69.8.